The lowest BCUT2D eigenvalue weighted by Crippen LogP contribution is -2.36. The summed E-state index contributed by atoms with van der Waals surface area (Å²) in [6.45, 7) is 0.584. The van der Waals surface area contributed by atoms with Crippen molar-refractivity contribution in [3.63, 3.8) is 0 Å². The van der Waals surface area contributed by atoms with E-state index in [1.165, 1.54) is 17.2 Å². The maximum atomic E-state index is 12.2. The maximum absolute atomic E-state index is 12.2. The lowest BCUT2D eigenvalue weighted by Gasteiger charge is -2.18. The Morgan fingerprint density at radius 3 is 2.92 bits per heavy atom. The third-order valence-corrected chi connectivity index (χ3v) is 4.91. The quantitative estimate of drug-likeness (QED) is 0.851. The van der Waals surface area contributed by atoms with Crippen molar-refractivity contribution in [2.24, 2.45) is 17.8 Å². The van der Waals surface area contributed by atoms with Crippen LogP contribution in [0.2, 0.25) is 0 Å². The van der Waals surface area contributed by atoms with Crippen LogP contribution in [0, 0.1) is 17.8 Å². The summed E-state index contributed by atoms with van der Waals surface area (Å²) in [7, 11) is 0. The molecule has 6 heteroatoms. The number of nitrogens with one attached hydrogen (secondary N) is 1. The molecule has 2 aromatic rings. The van der Waals surface area contributed by atoms with Gasteiger partial charge in [-0.1, -0.05) is 12.2 Å². The molecule has 1 N–H and O–H groups in total. The van der Waals surface area contributed by atoms with E-state index in [4.69, 9.17) is 4.42 Å². The largest absolute Gasteiger partial charge is 0.463 e. The molecule has 2 aliphatic carbocycles. The van der Waals surface area contributed by atoms with Crippen molar-refractivity contribution < 1.29 is 9.21 Å². The van der Waals surface area contributed by atoms with E-state index in [1.54, 1.807) is 24.5 Å². The predicted octanol–water partition coefficient (Wildman–Crippen LogP) is 1.83. The third kappa shape index (κ3) is 2.91. The Kier molecular flexibility index (Phi) is 3.80. The molecular weight excluding hydrogens is 306 g/mol. The molecule has 3 unspecified atom stereocenters. The molecule has 3 atom stereocenters. The fraction of sp³-hybridized carbons (Fsp3) is 0.389. The SMILES string of the molecule is O=C(Cn1nc(-c2ccco2)ccc1=O)NCC1CC2C=CC1C2. The summed E-state index contributed by atoms with van der Waals surface area (Å²) in [5.74, 6) is 2.18. The van der Waals surface area contributed by atoms with E-state index < -0.39 is 0 Å². The predicted molar refractivity (Wildman–Crippen MR) is 88.1 cm³/mol. The second-order valence-corrected chi connectivity index (χ2v) is 6.54. The van der Waals surface area contributed by atoms with Gasteiger partial charge in [-0.2, -0.15) is 5.10 Å². The molecule has 1 saturated carbocycles. The summed E-state index contributed by atoms with van der Waals surface area (Å²) >= 11 is 0. The lowest BCUT2D eigenvalue weighted by atomic mass is 9.94. The van der Waals surface area contributed by atoms with Gasteiger partial charge in [-0.05, 0) is 48.8 Å². The van der Waals surface area contributed by atoms with E-state index in [2.05, 4.69) is 22.6 Å². The fourth-order valence-electron chi connectivity index (χ4n) is 3.68. The van der Waals surface area contributed by atoms with Crippen LogP contribution in [0.1, 0.15) is 12.8 Å². The van der Waals surface area contributed by atoms with Crippen LogP contribution in [0.5, 0.6) is 0 Å². The first-order valence-corrected chi connectivity index (χ1v) is 8.26. The molecule has 0 spiro atoms. The van der Waals surface area contributed by atoms with E-state index >= 15 is 0 Å². The molecule has 0 radical (unpaired) electrons. The molecule has 24 heavy (non-hydrogen) atoms. The topological polar surface area (TPSA) is 77.1 Å². The lowest BCUT2D eigenvalue weighted by molar-refractivity contribution is -0.122. The molecule has 1 amide bonds. The minimum Gasteiger partial charge on any atom is -0.463 e. The zero-order valence-corrected chi connectivity index (χ0v) is 13.2. The van der Waals surface area contributed by atoms with E-state index in [-0.39, 0.29) is 18.0 Å². The molecule has 2 bridgehead atoms. The molecule has 2 aromatic heterocycles. The van der Waals surface area contributed by atoms with Crippen LogP contribution in [-0.2, 0) is 11.3 Å². The standard InChI is InChI=1S/C18H19N3O3/c22-17(19-10-14-9-12-3-4-13(14)8-12)11-21-18(23)6-5-15(20-21)16-2-1-7-24-16/h1-7,12-14H,8-11H2,(H,19,22). The van der Waals surface area contributed by atoms with E-state index in [1.807, 2.05) is 0 Å². The third-order valence-electron chi connectivity index (χ3n) is 4.91. The maximum Gasteiger partial charge on any atom is 0.267 e. The van der Waals surface area contributed by atoms with Crippen LogP contribution in [0.4, 0.5) is 0 Å². The first kappa shape index (κ1) is 14.9. The normalized spacial score (nSPS) is 24.4. The Bertz CT molecular complexity index is 822. The first-order valence-electron chi connectivity index (χ1n) is 8.26. The average molecular weight is 325 g/mol. The van der Waals surface area contributed by atoms with Crippen molar-refractivity contribution in [2.75, 3.05) is 6.54 Å². The summed E-state index contributed by atoms with van der Waals surface area (Å²) in [5, 5.41) is 7.15. The van der Waals surface area contributed by atoms with Crippen molar-refractivity contribution >= 4 is 5.91 Å². The molecule has 0 aliphatic heterocycles. The highest BCUT2D eigenvalue weighted by molar-refractivity contribution is 5.75. The van der Waals surface area contributed by atoms with Crippen molar-refractivity contribution in [3.8, 4) is 11.5 Å². The Balaban J connectivity index is 1.39. The Morgan fingerprint density at radius 2 is 2.21 bits per heavy atom. The van der Waals surface area contributed by atoms with Gasteiger partial charge in [-0.3, -0.25) is 9.59 Å². The van der Waals surface area contributed by atoms with Crippen molar-refractivity contribution in [3.05, 3.63) is 53.0 Å². The van der Waals surface area contributed by atoms with Gasteiger partial charge in [0.05, 0.1) is 6.26 Å². The van der Waals surface area contributed by atoms with Crippen molar-refractivity contribution in [1.82, 2.24) is 15.1 Å². The van der Waals surface area contributed by atoms with Gasteiger partial charge in [-0.25, -0.2) is 4.68 Å². The van der Waals surface area contributed by atoms with Crippen LogP contribution in [-0.4, -0.2) is 22.2 Å². The second-order valence-electron chi connectivity index (χ2n) is 6.54. The first-order chi connectivity index (χ1) is 11.7. The zero-order chi connectivity index (χ0) is 16.5. The second kappa shape index (κ2) is 6.11. The number of amides is 1. The van der Waals surface area contributed by atoms with Gasteiger partial charge in [0.1, 0.15) is 12.2 Å². The average Bonchev–Trinajstić information content (AvgIpc) is 3.32. The summed E-state index contributed by atoms with van der Waals surface area (Å²) in [4.78, 5) is 24.1. The molecule has 2 heterocycles. The summed E-state index contributed by atoms with van der Waals surface area (Å²) in [5.41, 5.74) is 0.231. The van der Waals surface area contributed by atoms with Crippen LogP contribution < -0.4 is 10.9 Å². The molecule has 0 aromatic carbocycles. The number of hydrogen-bond acceptors (Lipinski definition) is 4. The van der Waals surface area contributed by atoms with E-state index in [9.17, 15) is 9.59 Å². The van der Waals surface area contributed by atoms with Crippen LogP contribution in [0.15, 0.2) is 51.9 Å². The highest BCUT2D eigenvalue weighted by Crippen LogP contribution is 2.42. The zero-order valence-electron chi connectivity index (χ0n) is 13.2. The number of carbonyl (C=O) groups is 1. The number of aromatic nitrogens is 2. The number of furan rings is 1. The highest BCUT2D eigenvalue weighted by atomic mass is 16.3. The van der Waals surface area contributed by atoms with Crippen LogP contribution in [0.3, 0.4) is 0 Å². The molecule has 1 fully saturated rings. The van der Waals surface area contributed by atoms with Gasteiger partial charge < -0.3 is 9.73 Å². The smallest absolute Gasteiger partial charge is 0.267 e. The Hall–Kier alpha value is -2.63. The van der Waals surface area contributed by atoms with Gasteiger partial charge in [0.15, 0.2) is 5.76 Å². The van der Waals surface area contributed by atoms with Crippen LogP contribution >= 0.6 is 0 Å². The van der Waals surface area contributed by atoms with Gasteiger partial charge in [0.2, 0.25) is 5.91 Å². The molecule has 6 nitrogen and oxygen atoms in total. The Morgan fingerprint density at radius 1 is 1.29 bits per heavy atom. The minimum atomic E-state index is -0.302. The molecule has 124 valence electrons. The summed E-state index contributed by atoms with van der Waals surface area (Å²) < 4.78 is 6.45. The van der Waals surface area contributed by atoms with Crippen molar-refractivity contribution in [2.45, 2.75) is 19.4 Å². The van der Waals surface area contributed by atoms with Gasteiger partial charge in [0.25, 0.3) is 5.56 Å². The Labute approximate surface area is 139 Å². The number of nitrogens with zero attached hydrogens (tertiary/aromatic N) is 2. The van der Waals surface area contributed by atoms with Gasteiger partial charge >= 0.3 is 0 Å². The van der Waals surface area contributed by atoms with Crippen molar-refractivity contribution in [1.29, 1.82) is 0 Å². The minimum absolute atomic E-state index is 0.0793. The number of carbonyl (C=O) groups excluding carboxylic acids is 1. The number of rotatable bonds is 5. The van der Waals surface area contributed by atoms with Gasteiger partial charge in [-0.15, -0.1) is 0 Å². The van der Waals surface area contributed by atoms with E-state index in [0.717, 1.165) is 6.42 Å². The fourth-order valence-corrected chi connectivity index (χ4v) is 3.68. The molecule has 2 aliphatic rings. The van der Waals surface area contributed by atoms with E-state index in [0.29, 0.717) is 35.8 Å². The molecular formula is C18H19N3O3. The number of hydrogen-bond donors (Lipinski definition) is 1. The van der Waals surface area contributed by atoms with Crippen LogP contribution in [0.25, 0.3) is 11.5 Å². The number of allylic oxidation sites excluding steroid dienone is 2. The van der Waals surface area contributed by atoms with Gasteiger partial charge in [0, 0.05) is 12.6 Å². The summed E-state index contributed by atoms with van der Waals surface area (Å²) in [6.07, 6.45) is 8.46. The molecule has 4 rings (SSSR count). The number of fused-ring (bicyclic) bond motifs is 2. The monoisotopic (exact) mass is 325 g/mol. The summed E-state index contributed by atoms with van der Waals surface area (Å²) in [6, 6.07) is 6.51. The highest BCUT2D eigenvalue weighted by Gasteiger charge is 2.35. The molecule has 0 saturated heterocycles.